The molecule has 2 aromatic carbocycles. The van der Waals surface area contributed by atoms with Crippen LogP contribution in [0, 0.1) is 5.92 Å². The number of aryl methyl sites for hydroxylation is 1. The van der Waals surface area contributed by atoms with E-state index in [0.29, 0.717) is 39.3 Å². The summed E-state index contributed by atoms with van der Waals surface area (Å²) in [6, 6.07) is 12.7. The Morgan fingerprint density at radius 2 is 1.91 bits per heavy atom. The van der Waals surface area contributed by atoms with E-state index >= 15 is 0 Å². The molecule has 1 aliphatic heterocycles. The molecule has 1 atom stereocenters. The third kappa shape index (κ3) is 3.67. The van der Waals surface area contributed by atoms with Crippen molar-refractivity contribution < 1.29 is 4.74 Å². The lowest BCUT2D eigenvalue weighted by Gasteiger charge is -2.33. The Balaban J connectivity index is 1.71. The predicted octanol–water partition coefficient (Wildman–Crippen LogP) is 4.05. The highest BCUT2D eigenvalue weighted by Crippen LogP contribution is 2.34. The molecule has 5 rings (SSSR count). The zero-order chi connectivity index (χ0) is 24.1. The molecule has 0 bridgehead atoms. The summed E-state index contributed by atoms with van der Waals surface area (Å²) in [4.78, 5) is 33.6. The highest BCUT2D eigenvalue weighted by molar-refractivity contribution is 6.35. The number of ether oxygens (including phenoxy) is 1. The van der Waals surface area contributed by atoms with Gasteiger partial charge in [0.1, 0.15) is 5.75 Å². The molecule has 34 heavy (non-hydrogen) atoms. The van der Waals surface area contributed by atoms with E-state index in [9.17, 15) is 9.59 Å². The van der Waals surface area contributed by atoms with Crippen LogP contribution < -0.4 is 20.9 Å². The Kier molecular flexibility index (Phi) is 5.65. The average molecular weight is 500 g/mol. The summed E-state index contributed by atoms with van der Waals surface area (Å²) in [6.45, 7) is 3.49. The van der Waals surface area contributed by atoms with Gasteiger partial charge >= 0.3 is 5.69 Å². The number of anilines is 2. The smallest absolute Gasteiger partial charge is 0.332 e. The first-order valence-corrected chi connectivity index (χ1v) is 11.6. The van der Waals surface area contributed by atoms with Crippen molar-refractivity contribution in [3.8, 4) is 5.75 Å². The fourth-order valence-corrected chi connectivity index (χ4v) is 4.93. The summed E-state index contributed by atoms with van der Waals surface area (Å²) < 4.78 is 9.91. The first-order chi connectivity index (χ1) is 16.3. The van der Waals surface area contributed by atoms with Crippen LogP contribution in [0.3, 0.4) is 0 Å². The molecule has 3 heterocycles. The second-order valence-electron chi connectivity index (χ2n) is 8.58. The summed E-state index contributed by atoms with van der Waals surface area (Å²) in [6.07, 6.45) is 0. The van der Waals surface area contributed by atoms with Crippen molar-refractivity contribution in [2.24, 2.45) is 13.0 Å². The largest absolute Gasteiger partial charge is 0.497 e. The van der Waals surface area contributed by atoms with E-state index in [-0.39, 0.29) is 12.5 Å². The third-order valence-corrected chi connectivity index (χ3v) is 6.74. The van der Waals surface area contributed by atoms with Gasteiger partial charge in [-0.2, -0.15) is 4.98 Å². The molecule has 0 radical (unpaired) electrons. The number of fused-ring (bicyclic) bond motifs is 3. The molecule has 2 aromatic heterocycles. The van der Waals surface area contributed by atoms with Crippen molar-refractivity contribution in [3.63, 3.8) is 0 Å². The summed E-state index contributed by atoms with van der Waals surface area (Å²) in [5, 5.41) is 0.885. The first-order valence-electron chi connectivity index (χ1n) is 10.8. The van der Waals surface area contributed by atoms with Crippen molar-refractivity contribution in [2.75, 3.05) is 18.6 Å². The maximum absolute atomic E-state index is 13.6. The van der Waals surface area contributed by atoms with E-state index in [1.165, 1.54) is 9.13 Å². The van der Waals surface area contributed by atoms with E-state index in [0.717, 1.165) is 18.0 Å². The number of hydrogen-bond acceptors (Lipinski definition) is 5. The number of benzene rings is 2. The molecule has 176 valence electrons. The normalized spacial score (nSPS) is 15.6. The van der Waals surface area contributed by atoms with Gasteiger partial charge in [0.05, 0.1) is 13.7 Å². The van der Waals surface area contributed by atoms with Gasteiger partial charge in [0.2, 0.25) is 5.95 Å². The van der Waals surface area contributed by atoms with Crippen LogP contribution in [0.1, 0.15) is 12.5 Å². The molecule has 0 amide bonds. The molecule has 4 aromatic rings. The Labute approximate surface area is 205 Å². The molecule has 0 unspecified atom stereocenters. The van der Waals surface area contributed by atoms with Crippen LogP contribution in [0.5, 0.6) is 5.75 Å². The lowest BCUT2D eigenvalue weighted by molar-refractivity contribution is 0.414. The van der Waals surface area contributed by atoms with Crippen molar-refractivity contribution in [1.29, 1.82) is 0 Å². The highest BCUT2D eigenvalue weighted by Gasteiger charge is 2.30. The second-order valence-corrected chi connectivity index (χ2v) is 9.42. The quantitative estimate of drug-likeness (QED) is 0.423. The number of aromatic nitrogens is 4. The second kappa shape index (κ2) is 8.52. The van der Waals surface area contributed by atoms with Gasteiger partial charge in [0.25, 0.3) is 5.56 Å². The Morgan fingerprint density at radius 1 is 1.12 bits per heavy atom. The topological polar surface area (TPSA) is 74.3 Å². The number of nitrogens with zero attached hydrogens (tertiary/aromatic N) is 5. The van der Waals surface area contributed by atoms with Crippen molar-refractivity contribution in [2.45, 2.75) is 20.0 Å². The van der Waals surface area contributed by atoms with Gasteiger partial charge < -0.3 is 14.2 Å². The van der Waals surface area contributed by atoms with E-state index in [1.54, 1.807) is 32.4 Å². The van der Waals surface area contributed by atoms with Crippen LogP contribution in [0.15, 0.2) is 52.1 Å². The number of imidazole rings is 1. The average Bonchev–Trinajstić information content (AvgIpc) is 3.20. The van der Waals surface area contributed by atoms with Crippen molar-refractivity contribution in [1.82, 2.24) is 18.7 Å². The summed E-state index contributed by atoms with van der Waals surface area (Å²) >= 11 is 12.3. The van der Waals surface area contributed by atoms with Gasteiger partial charge in [-0.1, -0.05) is 42.3 Å². The van der Waals surface area contributed by atoms with Gasteiger partial charge in [0, 0.05) is 41.9 Å². The molecule has 0 spiro atoms. The molecular formula is C24H23Cl2N5O3. The lowest BCUT2D eigenvalue weighted by Crippen LogP contribution is -2.40. The molecule has 0 fully saturated rings. The van der Waals surface area contributed by atoms with Crippen LogP contribution in [0.25, 0.3) is 11.2 Å². The third-order valence-electron chi connectivity index (χ3n) is 6.15. The number of hydrogen-bond donors (Lipinski definition) is 0. The monoisotopic (exact) mass is 499 g/mol. The van der Waals surface area contributed by atoms with E-state index in [1.807, 2.05) is 28.8 Å². The van der Waals surface area contributed by atoms with Crippen LogP contribution in [-0.4, -0.2) is 32.3 Å². The Morgan fingerprint density at radius 3 is 2.65 bits per heavy atom. The van der Waals surface area contributed by atoms with Gasteiger partial charge in [-0.3, -0.25) is 13.9 Å². The highest BCUT2D eigenvalue weighted by atomic mass is 35.5. The molecule has 0 aliphatic carbocycles. The minimum absolute atomic E-state index is 0.0348. The molecule has 0 saturated carbocycles. The van der Waals surface area contributed by atoms with Gasteiger partial charge in [-0.15, -0.1) is 0 Å². The lowest BCUT2D eigenvalue weighted by atomic mass is 10.1. The van der Waals surface area contributed by atoms with Crippen LogP contribution >= 0.6 is 23.2 Å². The summed E-state index contributed by atoms with van der Waals surface area (Å²) in [7, 11) is 3.25. The van der Waals surface area contributed by atoms with Crippen molar-refractivity contribution >= 4 is 46.0 Å². The maximum atomic E-state index is 13.6. The van der Waals surface area contributed by atoms with Gasteiger partial charge in [0.15, 0.2) is 11.2 Å². The van der Waals surface area contributed by atoms with Crippen molar-refractivity contribution in [3.05, 3.63) is 78.9 Å². The number of halogens is 2. The minimum Gasteiger partial charge on any atom is -0.497 e. The predicted molar refractivity (Wildman–Crippen MR) is 134 cm³/mol. The molecule has 1 aliphatic rings. The van der Waals surface area contributed by atoms with E-state index in [2.05, 4.69) is 11.8 Å². The maximum Gasteiger partial charge on any atom is 0.332 e. The molecule has 8 nitrogen and oxygen atoms in total. The molecule has 10 heteroatoms. The zero-order valence-electron chi connectivity index (χ0n) is 19.0. The van der Waals surface area contributed by atoms with Crippen LogP contribution in [0.4, 0.5) is 11.6 Å². The van der Waals surface area contributed by atoms with E-state index < -0.39 is 11.2 Å². The SMILES string of the molecule is COc1cccc(N2C[C@H](C)Cn3c2nc2c3c(=O)n(Cc3ccc(Cl)cc3Cl)c(=O)n2C)c1. The standard InChI is InChI=1S/C24H23Cl2N5O3/c1-14-11-29(17-5-4-6-18(10-17)34-3)23-27-21-20(30(23)12-14)22(32)31(24(33)28(21)2)13-15-7-8-16(25)9-19(15)26/h4-10,14H,11-13H2,1-3H3/t14-/m0/s1. The van der Waals surface area contributed by atoms with Gasteiger partial charge in [-0.25, -0.2) is 4.79 Å². The van der Waals surface area contributed by atoms with E-state index in [4.69, 9.17) is 32.9 Å². The Bertz CT molecular complexity index is 1540. The molecule has 0 saturated heterocycles. The Hall–Kier alpha value is -3.23. The fourth-order valence-electron chi connectivity index (χ4n) is 4.46. The van der Waals surface area contributed by atoms with Crippen LogP contribution in [0.2, 0.25) is 10.0 Å². The summed E-state index contributed by atoms with van der Waals surface area (Å²) in [5.74, 6) is 1.59. The van der Waals surface area contributed by atoms with Crippen LogP contribution in [-0.2, 0) is 20.1 Å². The molecule has 0 N–H and O–H groups in total. The summed E-state index contributed by atoms with van der Waals surface area (Å²) in [5.41, 5.74) is 1.42. The number of rotatable bonds is 4. The minimum atomic E-state index is -0.458. The number of methoxy groups -OCH3 is 1. The zero-order valence-corrected chi connectivity index (χ0v) is 20.5. The molecular weight excluding hydrogens is 477 g/mol. The fraction of sp³-hybridized carbons (Fsp3) is 0.292. The first kappa shape index (κ1) is 22.6. The van der Waals surface area contributed by atoms with Gasteiger partial charge in [-0.05, 0) is 35.7 Å².